The van der Waals surface area contributed by atoms with Crippen LogP contribution in [0.25, 0.3) is 0 Å². The summed E-state index contributed by atoms with van der Waals surface area (Å²) in [6.45, 7) is 9.87. The van der Waals surface area contributed by atoms with Gasteiger partial charge in [-0.1, -0.05) is 27.7 Å². The smallest absolute Gasteiger partial charge is 0.326 e. The Morgan fingerprint density at radius 2 is 1.05 bits per heavy atom. The minimum atomic E-state index is -1.19. The predicted octanol–water partition coefficient (Wildman–Crippen LogP) is -1.48. The molecule has 0 saturated heterocycles. The van der Waals surface area contributed by atoms with Crippen molar-refractivity contribution in [3.05, 3.63) is 0 Å². The van der Waals surface area contributed by atoms with Crippen LogP contribution in [0, 0.1) is 11.8 Å². The third-order valence-electron chi connectivity index (χ3n) is 5.19. The quantitative estimate of drug-likeness (QED) is 0.107. The topological polar surface area (TPSA) is 209 Å². The second-order valence-electron chi connectivity index (χ2n) is 9.69. The molecule has 0 saturated carbocycles. The van der Waals surface area contributed by atoms with Crippen LogP contribution in [0.4, 0.5) is 0 Å². The van der Waals surface area contributed by atoms with Gasteiger partial charge in [0.15, 0.2) is 0 Å². The maximum Gasteiger partial charge on any atom is 0.326 e. The Morgan fingerprint density at radius 3 is 1.51 bits per heavy atom. The van der Waals surface area contributed by atoms with Crippen LogP contribution < -0.4 is 32.3 Å². The van der Waals surface area contributed by atoms with E-state index in [2.05, 4.69) is 39.2 Å². The predicted molar refractivity (Wildman–Crippen MR) is 140 cm³/mol. The highest BCUT2D eigenvalue weighted by molar-refractivity contribution is 7.80. The Balaban J connectivity index is 5.31. The molecule has 0 heterocycles. The Kier molecular flexibility index (Phi) is 15.5. The van der Waals surface area contributed by atoms with Crippen LogP contribution in [0.1, 0.15) is 54.4 Å². The van der Waals surface area contributed by atoms with Gasteiger partial charge in [-0.25, -0.2) is 4.79 Å². The van der Waals surface area contributed by atoms with Crippen molar-refractivity contribution in [1.29, 1.82) is 0 Å². The summed E-state index contributed by atoms with van der Waals surface area (Å²) in [6.07, 6.45) is 0.436. The van der Waals surface area contributed by atoms with E-state index in [9.17, 15) is 33.9 Å². The third kappa shape index (κ3) is 13.3. The average molecular weight is 547 g/mol. The number of carbonyl (C=O) groups excluding carboxylic acids is 5. The molecule has 14 heteroatoms. The number of carbonyl (C=O) groups is 6. The molecule has 0 aromatic carbocycles. The zero-order chi connectivity index (χ0) is 28.9. The molecule has 8 N–H and O–H groups in total. The van der Waals surface area contributed by atoms with Crippen molar-refractivity contribution >= 4 is 48.1 Å². The van der Waals surface area contributed by atoms with E-state index < -0.39 is 65.7 Å². The fourth-order valence-electron chi connectivity index (χ4n) is 3.20. The van der Waals surface area contributed by atoms with Gasteiger partial charge < -0.3 is 37.4 Å². The van der Waals surface area contributed by atoms with Crippen molar-refractivity contribution in [2.75, 3.05) is 12.3 Å². The Labute approximate surface area is 223 Å². The minimum Gasteiger partial charge on any atom is -0.480 e. The number of hydrogen-bond donors (Lipinski definition) is 8. The molecule has 0 rings (SSSR count). The lowest BCUT2D eigenvalue weighted by Crippen LogP contribution is -2.58. The first-order valence-electron chi connectivity index (χ1n) is 12.2. The molecule has 0 aromatic heterocycles. The molecule has 0 aliphatic carbocycles. The van der Waals surface area contributed by atoms with Crippen LogP contribution in [-0.2, 0) is 28.8 Å². The molecule has 0 unspecified atom stereocenters. The Morgan fingerprint density at radius 1 is 0.649 bits per heavy atom. The molecule has 0 radical (unpaired) electrons. The summed E-state index contributed by atoms with van der Waals surface area (Å²) in [4.78, 5) is 73.5. The van der Waals surface area contributed by atoms with Crippen molar-refractivity contribution in [3.63, 3.8) is 0 Å². The van der Waals surface area contributed by atoms with Crippen LogP contribution in [0.15, 0.2) is 0 Å². The number of nitrogens with one attached hydrogen (secondary N) is 5. The molecule has 0 aromatic rings. The number of thiol groups is 1. The number of aliphatic carboxylic acids is 1. The molecular weight excluding hydrogens is 504 g/mol. The van der Waals surface area contributed by atoms with Crippen LogP contribution in [0.3, 0.4) is 0 Å². The zero-order valence-corrected chi connectivity index (χ0v) is 23.2. The van der Waals surface area contributed by atoms with E-state index in [4.69, 9.17) is 5.73 Å². The standard InChI is InChI=1S/C23H42N6O7S/c1-11(2)7-15(27-20(32)14(6)26-19(31)13(5)25-18(30)9-24)21(33)29-17(10-37)22(34)28-16(23(35)36)8-12(3)4/h11-17,37H,7-10,24H2,1-6H3,(H,25,30)(H,26,31)(H,27,32)(H,28,34)(H,29,33)(H,35,36)/t13-,14-,15-,16-,17-/m0/s1. The Bertz CT molecular complexity index is 823. The van der Waals surface area contributed by atoms with Crippen LogP contribution in [-0.4, -0.2) is 83.1 Å². The van der Waals surface area contributed by atoms with Gasteiger partial charge in [0, 0.05) is 5.75 Å². The number of carboxylic acid groups (broad SMARTS) is 1. The zero-order valence-electron chi connectivity index (χ0n) is 22.3. The van der Waals surface area contributed by atoms with E-state index in [-0.39, 0.29) is 37.0 Å². The summed E-state index contributed by atoms with van der Waals surface area (Å²) in [5.41, 5.74) is 5.21. The lowest BCUT2D eigenvalue weighted by molar-refractivity contribution is -0.142. The SMILES string of the molecule is CC(C)C[C@H](NC(=O)[C@H](CS)NC(=O)[C@H](CC(C)C)NC(=O)[C@H](C)NC(=O)[C@H](C)NC(=O)CN)C(=O)O. The number of rotatable bonds is 16. The lowest BCUT2D eigenvalue weighted by Gasteiger charge is -2.26. The number of hydrogen-bond acceptors (Lipinski definition) is 8. The van der Waals surface area contributed by atoms with Crippen LogP contribution >= 0.6 is 12.6 Å². The van der Waals surface area contributed by atoms with Crippen molar-refractivity contribution < 1.29 is 33.9 Å². The average Bonchev–Trinajstić information content (AvgIpc) is 2.80. The Hall–Kier alpha value is -2.87. The van der Waals surface area contributed by atoms with Crippen molar-refractivity contribution in [3.8, 4) is 0 Å². The highest BCUT2D eigenvalue weighted by atomic mass is 32.1. The van der Waals surface area contributed by atoms with E-state index >= 15 is 0 Å². The highest BCUT2D eigenvalue weighted by Gasteiger charge is 2.31. The van der Waals surface area contributed by atoms with Gasteiger partial charge in [0.2, 0.25) is 29.5 Å². The van der Waals surface area contributed by atoms with E-state index in [1.54, 1.807) is 0 Å². The number of amides is 5. The highest BCUT2D eigenvalue weighted by Crippen LogP contribution is 2.08. The summed E-state index contributed by atoms with van der Waals surface area (Å²) in [7, 11) is 0. The van der Waals surface area contributed by atoms with Gasteiger partial charge in [-0.3, -0.25) is 24.0 Å². The normalized spacial score (nSPS) is 15.1. The number of nitrogens with two attached hydrogens (primary N) is 1. The van der Waals surface area contributed by atoms with Gasteiger partial charge in [0.1, 0.15) is 30.2 Å². The molecule has 5 amide bonds. The summed E-state index contributed by atoms with van der Waals surface area (Å²) >= 11 is 4.11. The lowest BCUT2D eigenvalue weighted by atomic mass is 10.0. The third-order valence-corrected chi connectivity index (χ3v) is 5.55. The van der Waals surface area contributed by atoms with Crippen LogP contribution in [0.5, 0.6) is 0 Å². The molecule has 0 aliphatic heterocycles. The first-order valence-corrected chi connectivity index (χ1v) is 12.8. The molecule has 0 bridgehead atoms. The molecule has 37 heavy (non-hydrogen) atoms. The van der Waals surface area contributed by atoms with E-state index in [1.165, 1.54) is 13.8 Å². The summed E-state index contributed by atoms with van der Waals surface area (Å²) in [5.74, 6) is -4.46. The fourth-order valence-corrected chi connectivity index (χ4v) is 3.46. The molecule has 5 atom stereocenters. The van der Waals surface area contributed by atoms with Crippen LogP contribution in [0.2, 0.25) is 0 Å². The maximum absolute atomic E-state index is 13.0. The van der Waals surface area contributed by atoms with Crippen molar-refractivity contribution in [1.82, 2.24) is 26.6 Å². The second kappa shape index (κ2) is 16.8. The van der Waals surface area contributed by atoms with Gasteiger partial charge in [0.25, 0.3) is 0 Å². The monoisotopic (exact) mass is 546 g/mol. The second-order valence-corrected chi connectivity index (χ2v) is 10.1. The largest absolute Gasteiger partial charge is 0.480 e. The summed E-state index contributed by atoms with van der Waals surface area (Å²) in [6, 6.07) is -5.27. The van der Waals surface area contributed by atoms with Crippen molar-refractivity contribution in [2.45, 2.75) is 84.6 Å². The maximum atomic E-state index is 13.0. The molecule has 13 nitrogen and oxygen atoms in total. The van der Waals surface area contributed by atoms with Gasteiger partial charge in [-0.15, -0.1) is 0 Å². The van der Waals surface area contributed by atoms with E-state index in [0.29, 0.717) is 0 Å². The van der Waals surface area contributed by atoms with Crippen molar-refractivity contribution in [2.24, 2.45) is 17.6 Å². The molecular formula is C23H42N6O7S. The fraction of sp³-hybridized carbons (Fsp3) is 0.739. The summed E-state index contributed by atoms with van der Waals surface area (Å²) in [5, 5.41) is 21.7. The first kappa shape index (κ1) is 34.1. The molecule has 0 fully saturated rings. The van der Waals surface area contributed by atoms with Gasteiger partial charge in [-0.05, 0) is 38.5 Å². The molecule has 0 aliphatic rings. The van der Waals surface area contributed by atoms with E-state index in [0.717, 1.165) is 0 Å². The van der Waals surface area contributed by atoms with Gasteiger partial charge in [-0.2, -0.15) is 12.6 Å². The van der Waals surface area contributed by atoms with E-state index in [1.807, 2.05) is 27.7 Å². The van der Waals surface area contributed by atoms with Gasteiger partial charge >= 0.3 is 5.97 Å². The van der Waals surface area contributed by atoms with Gasteiger partial charge in [0.05, 0.1) is 6.54 Å². The molecule has 0 spiro atoms. The number of carboxylic acids is 1. The minimum absolute atomic E-state index is 0.0125. The first-order chi connectivity index (χ1) is 17.1. The summed E-state index contributed by atoms with van der Waals surface area (Å²) < 4.78 is 0. The molecule has 212 valence electrons.